The molecule has 0 unspecified atom stereocenters. The van der Waals surface area contributed by atoms with E-state index in [-0.39, 0.29) is 17.9 Å². The van der Waals surface area contributed by atoms with Crippen LogP contribution < -0.4 is 4.72 Å². The van der Waals surface area contributed by atoms with E-state index in [0.717, 1.165) is 10.6 Å². The summed E-state index contributed by atoms with van der Waals surface area (Å²) in [6.45, 7) is 2.04. The lowest BCUT2D eigenvalue weighted by molar-refractivity contribution is 0.0697. The first kappa shape index (κ1) is 15.6. The monoisotopic (exact) mass is 326 g/mol. The van der Waals surface area contributed by atoms with E-state index in [1.807, 2.05) is 6.92 Å². The fraction of sp³-hybridized carbons (Fsp3) is 0.231. The first-order chi connectivity index (χ1) is 9.87. The number of carbonyl (C=O) groups is 1. The summed E-state index contributed by atoms with van der Waals surface area (Å²) in [6.07, 6.45) is 0. The van der Waals surface area contributed by atoms with Crippen molar-refractivity contribution in [2.24, 2.45) is 0 Å². The van der Waals surface area contributed by atoms with Gasteiger partial charge in [-0.2, -0.15) is 0 Å². The second-order valence-electron chi connectivity index (χ2n) is 4.44. The first-order valence-electron chi connectivity index (χ1n) is 6.06. The van der Waals surface area contributed by atoms with Gasteiger partial charge in [-0.15, -0.1) is 11.3 Å². The van der Waals surface area contributed by atoms with Gasteiger partial charge in [-0.3, -0.25) is 0 Å². The van der Waals surface area contributed by atoms with Crippen molar-refractivity contribution in [1.29, 1.82) is 0 Å². The zero-order chi connectivity index (χ0) is 15.5. The predicted octanol–water partition coefficient (Wildman–Crippen LogP) is 1.77. The highest BCUT2D eigenvalue weighted by Gasteiger charge is 2.13. The van der Waals surface area contributed by atoms with Crippen LogP contribution in [0.1, 0.15) is 26.5 Å². The van der Waals surface area contributed by atoms with Gasteiger partial charge >= 0.3 is 5.97 Å². The summed E-state index contributed by atoms with van der Waals surface area (Å²) in [5, 5.41) is 8.79. The van der Waals surface area contributed by atoms with E-state index in [2.05, 4.69) is 9.71 Å². The number of nitrogens with zero attached hydrogens (tertiary/aromatic N) is 1. The van der Waals surface area contributed by atoms with Crippen molar-refractivity contribution in [3.05, 3.63) is 51.5 Å². The second-order valence-corrected chi connectivity index (χ2v) is 7.19. The van der Waals surface area contributed by atoms with Gasteiger partial charge in [0.15, 0.2) is 0 Å². The zero-order valence-electron chi connectivity index (χ0n) is 11.2. The average Bonchev–Trinajstić information content (AvgIpc) is 2.82. The van der Waals surface area contributed by atoms with Crippen LogP contribution in [0.2, 0.25) is 0 Å². The molecule has 2 aromatic rings. The summed E-state index contributed by atoms with van der Waals surface area (Å²) in [6, 6.07) is 5.78. The molecule has 0 aliphatic rings. The molecule has 8 heteroatoms. The molecule has 0 radical (unpaired) electrons. The molecule has 0 saturated heterocycles. The van der Waals surface area contributed by atoms with Gasteiger partial charge in [-0.1, -0.05) is 12.1 Å². The molecule has 1 aromatic heterocycles. The Balaban J connectivity index is 2.00. The Kier molecular flexibility index (Phi) is 4.71. The van der Waals surface area contributed by atoms with Crippen LogP contribution in [0.5, 0.6) is 0 Å². The summed E-state index contributed by atoms with van der Waals surface area (Å²) in [5.41, 5.74) is 3.15. The van der Waals surface area contributed by atoms with Gasteiger partial charge in [0.2, 0.25) is 10.0 Å². The quantitative estimate of drug-likeness (QED) is 0.843. The standard InChI is InChI=1S/C13H14N2O4S2/c1-9-12(20-8-14-9)6-15-21(18,19)7-10-2-4-11(5-3-10)13(16)17/h2-5,8,15H,6-7H2,1H3,(H,16,17). The van der Waals surface area contributed by atoms with Gasteiger partial charge in [0.1, 0.15) is 0 Å². The molecule has 2 N–H and O–H groups in total. The first-order valence-corrected chi connectivity index (χ1v) is 8.59. The van der Waals surface area contributed by atoms with Gasteiger partial charge in [-0.05, 0) is 24.6 Å². The van der Waals surface area contributed by atoms with Crippen LogP contribution in [0.3, 0.4) is 0 Å². The fourth-order valence-electron chi connectivity index (χ4n) is 1.69. The van der Waals surface area contributed by atoms with E-state index >= 15 is 0 Å². The third-order valence-corrected chi connectivity index (χ3v) is 5.09. The van der Waals surface area contributed by atoms with Gasteiger partial charge in [-0.25, -0.2) is 22.9 Å². The van der Waals surface area contributed by atoms with Gasteiger partial charge in [0, 0.05) is 11.4 Å². The van der Waals surface area contributed by atoms with Crippen molar-refractivity contribution in [3.63, 3.8) is 0 Å². The Morgan fingerprint density at radius 3 is 2.52 bits per heavy atom. The van der Waals surface area contributed by atoms with E-state index in [0.29, 0.717) is 5.56 Å². The van der Waals surface area contributed by atoms with Crippen molar-refractivity contribution in [3.8, 4) is 0 Å². The molecule has 0 aliphatic carbocycles. The minimum Gasteiger partial charge on any atom is -0.478 e. The minimum absolute atomic E-state index is 0.129. The molecule has 0 amide bonds. The number of hydrogen-bond acceptors (Lipinski definition) is 5. The topological polar surface area (TPSA) is 96.4 Å². The fourth-order valence-corrected chi connectivity index (χ4v) is 3.59. The Morgan fingerprint density at radius 1 is 1.33 bits per heavy atom. The Bertz CT molecular complexity index is 736. The maximum absolute atomic E-state index is 12.0. The van der Waals surface area contributed by atoms with Crippen LogP contribution in [0.4, 0.5) is 0 Å². The molecule has 0 spiro atoms. The van der Waals surface area contributed by atoms with E-state index in [9.17, 15) is 13.2 Å². The molecule has 2 rings (SSSR count). The number of sulfonamides is 1. The molecule has 1 heterocycles. The highest BCUT2D eigenvalue weighted by Crippen LogP contribution is 2.13. The lowest BCUT2D eigenvalue weighted by Crippen LogP contribution is -2.24. The lowest BCUT2D eigenvalue weighted by Gasteiger charge is -2.06. The number of carboxylic acids is 1. The Hall–Kier alpha value is -1.77. The summed E-state index contributed by atoms with van der Waals surface area (Å²) < 4.78 is 26.5. The molecule has 1 aromatic carbocycles. The number of aromatic carboxylic acids is 1. The maximum atomic E-state index is 12.0. The third-order valence-electron chi connectivity index (χ3n) is 2.86. The zero-order valence-corrected chi connectivity index (χ0v) is 12.9. The Labute approximate surface area is 126 Å². The summed E-state index contributed by atoms with van der Waals surface area (Å²) >= 11 is 1.40. The van der Waals surface area contributed by atoms with E-state index in [1.54, 1.807) is 5.51 Å². The molecule has 112 valence electrons. The maximum Gasteiger partial charge on any atom is 0.335 e. The minimum atomic E-state index is -3.48. The van der Waals surface area contributed by atoms with Gasteiger partial charge < -0.3 is 5.11 Å². The predicted molar refractivity (Wildman–Crippen MR) is 79.7 cm³/mol. The summed E-state index contributed by atoms with van der Waals surface area (Å²) in [7, 11) is -3.48. The highest BCUT2D eigenvalue weighted by atomic mass is 32.2. The molecule has 0 aliphatic heterocycles. The van der Waals surface area contributed by atoms with Crippen LogP contribution in [-0.4, -0.2) is 24.5 Å². The van der Waals surface area contributed by atoms with Crippen LogP contribution in [0, 0.1) is 6.92 Å². The summed E-state index contributed by atoms with van der Waals surface area (Å²) in [5.74, 6) is -1.23. The van der Waals surface area contributed by atoms with Gasteiger partial charge in [0.25, 0.3) is 0 Å². The molecule has 6 nitrogen and oxygen atoms in total. The van der Waals surface area contributed by atoms with Crippen molar-refractivity contribution in [2.75, 3.05) is 0 Å². The number of aromatic nitrogens is 1. The highest BCUT2D eigenvalue weighted by molar-refractivity contribution is 7.88. The number of thiazole rings is 1. The molecular weight excluding hydrogens is 312 g/mol. The van der Waals surface area contributed by atoms with E-state index < -0.39 is 16.0 Å². The average molecular weight is 326 g/mol. The largest absolute Gasteiger partial charge is 0.478 e. The number of carboxylic acid groups (broad SMARTS) is 1. The summed E-state index contributed by atoms with van der Waals surface area (Å²) in [4.78, 5) is 15.7. The third kappa shape index (κ3) is 4.35. The molecular formula is C13H14N2O4S2. The lowest BCUT2D eigenvalue weighted by atomic mass is 10.1. The normalized spacial score (nSPS) is 11.5. The van der Waals surface area contributed by atoms with Crippen molar-refractivity contribution >= 4 is 27.3 Å². The van der Waals surface area contributed by atoms with Crippen LogP contribution >= 0.6 is 11.3 Å². The Morgan fingerprint density at radius 2 is 2.00 bits per heavy atom. The number of aryl methyl sites for hydroxylation is 1. The smallest absolute Gasteiger partial charge is 0.335 e. The van der Waals surface area contributed by atoms with Crippen molar-refractivity contribution < 1.29 is 18.3 Å². The van der Waals surface area contributed by atoms with Crippen LogP contribution in [0.15, 0.2) is 29.8 Å². The van der Waals surface area contributed by atoms with Crippen molar-refractivity contribution in [2.45, 2.75) is 19.2 Å². The molecule has 0 atom stereocenters. The van der Waals surface area contributed by atoms with Gasteiger partial charge in [0.05, 0.1) is 22.5 Å². The number of benzene rings is 1. The van der Waals surface area contributed by atoms with Crippen LogP contribution in [-0.2, 0) is 22.3 Å². The van der Waals surface area contributed by atoms with E-state index in [4.69, 9.17) is 5.11 Å². The molecule has 0 fully saturated rings. The number of rotatable bonds is 6. The second kappa shape index (κ2) is 6.33. The van der Waals surface area contributed by atoms with E-state index in [1.165, 1.54) is 35.6 Å². The molecule has 21 heavy (non-hydrogen) atoms. The molecule has 0 saturated carbocycles. The number of nitrogens with one attached hydrogen (secondary N) is 1. The van der Waals surface area contributed by atoms with Crippen molar-refractivity contribution in [1.82, 2.24) is 9.71 Å². The SMILES string of the molecule is Cc1ncsc1CNS(=O)(=O)Cc1ccc(C(=O)O)cc1. The number of hydrogen-bond donors (Lipinski definition) is 2. The van der Waals surface area contributed by atoms with Crippen LogP contribution in [0.25, 0.3) is 0 Å². The molecule has 0 bridgehead atoms.